The third kappa shape index (κ3) is 9.78. The fourth-order valence-electron chi connectivity index (χ4n) is 5.35. The predicted octanol–water partition coefficient (Wildman–Crippen LogP) is 2.03. The number of carboxylic acids is 1. The number of rotatable bonds is 16. The van der Waals surface area contributed by atoms with Gasteiger partial charge in [0.25, 0.3) is 0 Å². The molecular formula is C33H43N5O8. The first-order valence-corrected chi connectivity index (χ1v) is 15.3. The van der Waals surface area contributed by atoms with E-state index < -0.39 is 60.4 Å². The van der Waals surface area contributed by atoms with Crippen LogP contribution in [0.1, 0.15) is 64.0 Å². The van der Waals surface area contributed by atoms with Crippen LogP contribution in [0.15, 0.2) is 48.5 Å². The van der Waals surface area contributed by atoms with Crippen molar-refractivity contribution >= 4 is 35.7 Å². The molecule has 0 saturated heterocycles. The third-order valence-electron chi connectivity index (χ3n) is 7.64. The second-order valence-corrected chi connectivity index (χ2v) is 12.1. The van der Waals surface area contributed by atoms with E-state index in [0.29, 0.717) is 0 Å². The molecule has 0 saturated carbocycles. The molecule has 13 nitrogen and oxygen atoms in total. The quantitative estimate of drug-likeness (QED) is 0.160. The van der Waals surface area contributed by atoms with Crippen LogP contribution in [0.4, 0.5) is 4.79 Å². The fraction of sp³-hybridized carbons (Fsp3) is 0.455. The number of aliphatic carboxylic acids is 1. The summed E-state index contributed by atoms with van der Waals surface area (Å²) in [6.45, 7) is 6.53. The van der Waals surface area contributed by atoms with Crippen LogP contribution in [-0.4, -0.2) is 72.1 Å². The molecule has 2 aromatic rings. The van der Waals surface area contributed by atoms with Gasteiger partial charge in [-0.1, -0.05) is 76.2 Å². The molecule has 0 heterocycles. The fourth-order valence-corrected chi connectivity index (χ4v) is 5.35. The number of amides is 5. The summed E-state index contributed by atoms with van der Waals surface area (Å²) in [6, 6.07) is 12.3. The number of benzene rings is 2. The molecule has 0 bridgehead atoms. The number of hydrogen-bond donors (Lipinski definition) is 6. The minimum absolute atomic E-state index is 0.0359. The van der Waals surface area contributed by atoms with Crippen molar-refractivity contribution in [1.29, 1.82) is 0 Å². The van der Waals surface area contributed by atoms with E-state index in [4.69, 9.17) is 10.5 Å². The van der Waals surface area contributed by atoms with Gasteiger partial charge in [-0.05, 0) is 46.9 Å². The van der Waals surface area contributed by atoms with Crippen molar-refractivity contribution in [2.75, 3.05) is 13.2 Å². The lowest BCUT2D eigenvalue weighted by Crippen LogP contribution is -2.55. The van der Waals surface area contributed by atoms with Gasteiger partial charge in [-0.15, -0.1) is 0 Å². The van der Waals surface area contributed by atoms with Gasteiger partial charge in [0.2, 0.25) is 23.6 Å². The number of fused-ring (bicyclic) bond motifs is 3. The van der Waals surface area contributed by atoms with E-state index in [2.05, 4.69) is 21.3 Å². The van der Waals surface area contributed by atoms with Crippen LogP contribution in [0.3, 0.4) is 0 Å². The Morgan fingerprint density at radius 3 is 1.93 bits per heavy atom. The summed E-state index contributed by atoms with van der Waals surface area (Å²) in [4.78, 5) is 74.3. The number of carbonyl (C=O) groups excluding carboxylic acids is 5. The Balaban J connectivity index is 1.56. The first-order chi connectivity index (χ1) is 21.8. The lowest BCUT2D eigenvalue weighted by atomic mass is 9.98. The first kappa shape index (κ1) is 35.5. The van der Waals surface area contributed by atoms with E-state index in [-0.39, 0.29) is 43.6 Å². The summed E-state index contributed by atoms with van der Waals surface area (Å²) < 4.78 is 5.56. The monoisotopic (exact) mass is 637 g/mol. The molecule has 5 amide bonds. The van der Waals surface area contributed by atoms with Crippen LogP contribution in [-0.2, 0) is 28.7 Å². The van der Waals surface area contributed by atoms with E-state index in [1.165, 1.54) is 0 Å². The number of hydrogen-bond acceptors (Lipinski definition) is 7. The normalized spacial score (nSPS) is 14.0. The topological polar surface area (TPSA) is 206 Å². The van der Waals surface area contributed by atoms with Crippen LogP contribution in [0.2, 0.25) is 0 Å². The summed E-state index contributed by atoms with van der Waals surface area (Å²) in [5.74, 6) is -4.74. The second-order valence-electron chi connectivity index (χ2n) is 12.1. The van der Waals surface area contributed by atoms with E-state index >= 15 is 0 Å². The second kappa shape index (κ2) is 16.4. The number of alkyl carbamates (subject to hydrolysis) is 1. The van der Waals surface area contributed by atoms with Gasteiger partial charge in [-0.3, -0.25) is 19.2 Å². The molecule has 0 radical (unpaired) electrons. The molecule has 1 aliphatic rings. The summed E-state index contributed by atoms with van der Waals surface area (Å²) >= 11 is 0. The van der Waals surface area contributed by atoms with Crippen molar-refractivity contribution in [2.24, 2.45) is 17.6 Å². The van der Waals surface area contributed by atoms with Crippen molar-refractivity contribution in [1.82, 2.24) is 21.3 Å². The largest absolute Gasteiger partial charge is 0.480 e. The standard InChI is InChI=1S/C33H43N5O8/c1-18(2)15-26(32(43)44)37-30(41)25(13-14-27(34)39)36-28(40)16-35-31(42)29(19(3)4)38-33(45)46-17-24-22-11-7-5-9-20(22)21-10-6-8-12-23(21)24/h5-12,18-19,24-26,29H,13-17H2,1-4H3,(H2,34,39)(H,35,42)(H,36,40)(H,37,41)(H,38,45)(H,43,44)/t25-,26-,29+/m0/s1. The highest BCUT2D eigenvalue weighted by Crippen LogP contribution is 2.44. The lowest BCUT2D eigenvalue weighted by molar-refractivity contribution is -0.142. The molecule has 0 fully saturated rings. The van der Waals surface area contributed by atoms with Gasteiger partial charge in [0.15, 0.2) is 0 Å². The summed E-state index contributed by atoms with van der Waals surface area (Å²) in [6.07, 6.45) is -1.06. The number of nitrogens with two attached hydrogens (primary N) is 1. The van der Waals surface area contributed by atoms with Gasteiger partial charge in [0.05, 0.1) is 6.54 Å². The zero-order valence-corrected chi connectivity index (χ0v) is 26.5. The number of primary amides is 1. The summed E-state index contributed by atoms with van der Waals surface area (Å²) in [7, 11) is 0. The van der Waals surface area contributed by atoms with Crippen molar-refractivity contribution in [3.05, 3.63) is 59.7 Å². The third-order valence-corrected chi connectivity index (χ3v) is 7.64. The van der Waals surface area contributed by atoms with Crippen LogP contribution < -0.4 is 27.0 Å². The Labute approximate surface area is 268 Å². The van der Waals surface area contributed by atoms with Gasteiger partial charge >= 0.3 is 12.1 Å². The summed E-state index contributed by atoms with van der Waals surface area (Å²) in [5, 5.41) is 19.3. The average molecular weight is 638 g/mol. The van der Waals surface area contributed by atoms with Gasteiger partial charge in [-0.25, -0.2) is 9.59 Å². The molecule has 1 aliphatic carbocycles. The highest BCUT2D eigenvalue weighted by atomic mass is 16.5. The van der Waals surface area contributed by atoms with Crippen LogP contribution >= 0.6 is 0 Å². The highest BCUT2D eigenvalue weighted by Gasteiger charge is 2.31. The zero-order valence-electron chi connectivity index (χ0n) is 26.5. The minimum atomic E-state index is -1.27. The van der Waals surface area contributed by atoms with Gasteiger partial charge in [-0.2, -0.15) is 0 Å². The number of nitrogens with one attached hydrogen (secondary N) is 4. The first-order valence-electron chi connectivity index (χ1n) is 15.3. The molecule has 0 spiro atoms. The van der Waals surface area contributed by atoms with Crippen LogP contribution in [0, 0.1) is 11.8 Å². The molecule has 0 aromatic heterocycles. The van der Waals surface area contributed by atoms with E-state index in [1.807, 2.05) is 48.5 Å². The number of carbonyl (C=O) groups is 6. The Kier molecular flexibility index (Phi) is 12.7. The number of ether oxygens (including phenoxy) is 1. The minimum Gasteiger partial charge on any atom is -0.480 e. The molecule has 13 heteroatoms. The van der Waals surface area contributed by atoms with Crippen LogP contribution in [0.25, 0.3) is 11.1 Å². The molecular weight excluding hydrogens is 594 g/mol. The summed E-state index contributed by atoms with van der Waals surface area (Å²) in [5.41, 5.74) is 9.45. The van der Waals surface area contributed by atoms with Crippen molar-refractivity contribution in [3.63, 3.8) is 0 Å². The average Bonchev–Trinajstić information content (AvgIpc) is 3.32. The molecule has 2 aromatic carbocycles. The maximum Gasteiger partial charge on any atom is 0.407 e. The zero-order chi connectivity index (χ0) is 34.0. The lowest BCUT2D eigenvalue weighted by Gasteiger charge is -2.23. The molecule has 7 N–H and O–H groups in total. The Morgan fingerprint density at radius 1 is 0.826 bits per heavy atom. The number of carboxylic acid groups (broad SMARTS) is 1. The maximum atomic E-state index is 13.0. The van der Waals surface area contributed by atoms with Crippen molar-refractivity contribution < 1.29 is 38.6 Å². The Bertz CT molecular complexity index is 1400. The molecule has 3 atom stereocenters. The SMILES string of the molecule is CC(C)C[C@H](NC(=O)[C@H](CCC(N)=O)NC(=O)CNC(=O)[C@H](NC(=O)OCC1c2ccccc2-c2ccccc21)C(C)C)C(=O)O. The maximum absolute atomic E-state index is 13.0. The van der Waals surface area contributed by atoms with E-state index in [1.54, 1.807) is 27.7 Å². The molecule has 46 heavy (non-hydrogen) atoms. The van der Waals surface area contributed by atoms with Crippen LogP contribution in [0.5, 0.6) is 0 Å². The van der Waals surface area contributed by atoms with E-state index in [9.17, 15) is 33.9 Å². The molecule has 248 valence electrons. The smallest absolute Gasteiger partial charge is 0.407 e. The highest BCUT2D eigenvalue weighted by molar-refractivity contribution is 5.93. The Morgan fingerprint density at radius 2 is 1.41 bits per heavy atom. The van der Waals surface area contributed by atoms with Gasteiger partial charge < -0.3 is 36.8 Å². The van der Waals surface area contributed by atoms with Crippen molar-refractivity contribution in [3.8, 4) is 11.1 Å². The van der Waals surface area contributed by atoms with Crippen molar-refractivity contribution in [2.45, 2.75) is 71.0 Å². The molecule has 0 aliphatic heterocycles. The predicted molar refractivity (Wildman–Crippen MR) is 169 cm³/mol. The van der Waals surface area contributed by atoms with Gasteiger partial charge in [0, 0.05) is 12.3 Å². The molecule has 0 unspecified atom stereocenters. The molecule has 3 rings (SSSR count). The van der Waals surface area contributed by atoms with Gasteiger partial charge in [0.1, 0.15) is 24.7 Å². The van der Waals surface area contributed by atoms with E-state index in [0.717, 1.165) is 22.3 Å². The Hall–Kier alpha value is -4.94.